The van der Waals surface area contributed by atoms with Gasteiger partial charge < -0.3 is 50.0 Å². The van der Waals surface area contributed by atoms with E-state index in [0.717, 1.165) is 24.1 Å². The van der Waals surface area contributed by atoms with Gasteiger partial charge in [0.15, 0.2) is 6.10 Å². The van der Waals surface area contributed by atoms with Crippen LogP contribution in [0.5, 0.6) is 0 Å². The predicted molar refractivity (Wildman–Crippen MR) is 163 cm³/mol. The van der Waals surface area contributed by atoms with Crippen molar-refractivity contribution in [3.05, 3.63) is 60.2 Å². The molecule has 3 rings (SSSR count). The van der Waals surface area contributed by atoms with E-state index < -0.39 is 77.3 Å². The number of carbonyl (C=O) groups is 4. The minimum absolute atomic E-state index is 0.0513. The average Bonchev–Trinajstić information content (AvgIpc) is 3.22. The van der Waals surface area contributed by atoms with Crippen molar-refractivity contribution in [3.63, 3.8) is 0 Å². The van der Waals surface area contributed by atoms with Crippen molar-refractivity contribution < 1.29 is 69.1 Å². The molecule has 0 radical (unpaired) electrons. The molecule has 0 aromatic heterocycles. The van der Waals surface area contributed by atoms with Crippen LogP contribution in [0.2, 0.25) is 0 Å². The van der Waals surface area contributed by atoms with Crippen LogP contribution in [0.25, 0.3) is 0 Å². The number of carbonyl (C=O) groups excluding carboxylic acids is 1. The van der Waals surface area contributed by atoms with Gasteiger partial charge in [-0.3, -0.25) is 0 Å². The smallest absolute Gasteiger partial charge is 0.344 e. The van der Waals surface area contributed by atoms with Crippen molar-refractivity contribution in [2.45, 2.75) is 107 Å². The molecule has 2 saturated heterocycles. The number of fused-ring (bicyclic) bond motifs is 2. The van der Waals surface area contributed by atoms with Crippen LogP contribution in [0, 0.1) is 11.8 Å². The van der Waals surface area contributed by atoms with Gasteiger partial charge in [0.25, 0.3) is 0 Å². The summed E-state index contributed by atoms with van der Waals surface area (Å²) in [6.45, 7) is 10.8. The highest BCUT2D eigenvalue weighted by Crippen LogP contribution is 2.55. The fraction of sp³-hybridized carbons (Fsp3) is 0.576. The number of aliphatic hydroxyl groups is 4. The van der Waals surface area contributed by atoms with E-state index in [2.05, 4.69) is 6.58 Å². The monoisotopic (exact) mass is 664 g/mol. The summed E-state index contributed by atoms with van der Waals surface area (Å²) < 4.78 is 16.2. The Hall–Kier alpha value is -3.66. The van der Waals surface area contributed by atoms with Crippen molar-refractivity contribution in [1.82, 2.24) is 0 Å². The van der Waals surface area contributed by atoms with Gasteiger partial charge in [-0.2, -0.15) is 0 Å². The van der Waals surface area contributed by atoms with Crippen LogP contribution >= 0.6 is 0 Å². The van der Waals surface area contributed by atoms with E-state index >= 15 is 0 Å². The zero-order valence-electron chi connectivity index (χ0n) is 26.7. The molecule has 14 heteroatoms. The number of esters is 1. The number of carboxylic acids is 3. The maximum atomic E-state index is 13.0. The molecule has 47 heavy (non-hydrogen) atoms. The molecule has 0 aliphatic carbocycles. The second-order valence-corrected chi connectivity index (χ2v) is 12.8. The molecule has 1 aromatic rings. The first-order chi connectivity index (χ1) is 21.8. The summed E-state index contributed by atoms with van der Waals surface area (Å²) in [5.74, 6) is -11.1. The summed E-state index contributed by atoms with van der Waals surface area (Å²) in [7, 11) is 0. The minimum atomic E-state index is -3.93. The second-order valence-electron chi connectivity index (χ2n) is 12.8. The molecule has 0 amide bonds. The lowest BCUT2D eigenvalue weighted by Crippen LogP contribution is -2.78. The van der Waals surface area contributed by atoms with E-state index in [4.69, 9.17) is 14.2 Å². The molecule has 0 saturated carbocycles. The van der Waals surface area contributed by atoms with Gasteiger partial charge in [0.2, 0.25) is 23.1 Å². The third kappa shape index (κ3) is 7.27. The summed E-state index contributed by atoms with van der Waals surface area (Å²) in [4.78, 5) is 50.6. The van der Waals surface area contributed by atoms with E-state index in [9.17, 15) is 54.9 Å². The number of rotatable bonds is 16. The first-order valence-electron chi connectivity index (χ1n) is 15.3. The Bertz CT molecular complexity index is 1370. The SMILES string of the molecule is C=C(CC[C@]12O[C@H](C(=O)O)[C@@](O)(C(=O)O)[C@](C(=O)O)(O1)[C@H](OC(=O)/C=C/[C@@](C)(O)C[C@H](C)CC)[C@H]2O)[C@@H](O)[C@H](C)Cc1ccccc1. The highest BCUT2D eigenvalue weighted by molar-refractivity contribution is 5.98. The molecule has 260 valence electrons. The zero-order chi connectivity index (χ0) is 35.5. The van der Waals surface area contributed by atoms with Gasteiger partial charge in [0.05, 0.1) is 11.7 Å². The molecular weight excluding hydrogens is 620 g/mol. The minimum Gasteiger partial charge on any atom is -0.479 e. The number of aliphatic carboxylic acids is 3. The van der Waals surface area contributed by atoms with Gasteiger partial charge in [-0.05, 0) is 55.2 Å². The van der Waals surface area contributed by atoms with Gasteiger partial charge in [-0.15, -0.1) is 0 Å². The van der Waals surface area contributed by atoms with Gasteiger partial charge >= 0.3 is 23.9 Å². The standard InChI is InChI=1S/C33H44O14/c1-6-18(2)17-30(5,43)14-13-22(34)45-25-24(36)31(15-12-19(3)23(35)20(4)16-21-10-8-7-9-11-21)46-26(27(37)38)32(44,28(39)40)33(25,47-31)29(41)42/h7-11,13-14,18,20,23-26,35-36,43-44H,3,6,12,15-17H2,1-2,4-5H3,(H,37,38)(H,39,40)(H,41,42)/b14-13+/t18-,20-,23-,24-,25-,26-,30-,31+,32-,33+/m1/s1. The fourth-order valence-corrected chi connectivity index (χ4v) is 6.26. The van der Waals surface area contributed by atoms with Crippen LogP contribution in [-0.4, -0.2) is 107 Å². The first kappa shape index (κ1) is 37.8. The maximum absolute atomic E-state index is 13.0. The Morgan fingerprint density at radius 1 is 1.11 bits per heavy atom. The summed E-state index contributed by atoms with van der Waals surface area (Å²) in [5.41, 5.74) is -7.94. The van der Waals surface area contributed by atoms with Gasteiger partial charge in [-0.1, -0.05) is 64.1 Å². The topological polar surface area (TPSA) is 238 Å². The van der Waals surface area contributed by atoms with Crippen LogP contribution in [-0.2, 0) is 39.8 Å². The molecule has 0 spiro atoms. The molecule has 1 aromatic carbocycles. The van der Waals surface area contributed by atoms with E-state index in [0.29, 0.717) is 6.42 Å². The zero-order valence-corrected chi connectivity index (χ0v) is 26.7. The largest absolute Gasteiger partial charge is 0.479 e. The van der Waals surface area contributed by atoms with Crippen molar-refractivity contribution in [3.8, 4) is 0 Å². The third-order valence-corrected chi connectivity index (χ3v) is 9.04. The van der Waals surface area contributed by atoms with Crippen LogP contribution in [0.4, 0.5) is 0 Å². The Balaban J connectivity index is 1.98. The van der Waals surface area contributed by atoms with Crippen molar-refractivity contribution in [1.29, 1.82) is 0 Å². The first-order valence-corrected chi connectivity index (χ1v) is 15.3. The summed E-state index contributed by atoms with van der Waals surface area (Å²) in [6.07, 6.45) is -6.50. The molecule has 2 bridgehead atoms. The Morgan fingerprint density at radius 2 is 1.72 bits per heavy atom. The molecule has 2 fully saturated rings. The lowest BCUT2D eigenvalue weighted by molar-refractivity contribution is -0.374. The van der Waals surface area contributed by atoms with E-state index in [1.807, 2.05) is 44.2 Å². The van der Waals surface area contributed by atoms with Crippen LogP contribution < -0.4 is 0 Å². The van der Waals surface area contributed by atoms with Crippen molar-refractivity contribution in [2.24, 2.45) is 11.8 Å². The highest BCUT2D eigenvalue weighted by Gasteiger charge is 2.85. The fourth-order valence-electron chi connectivity index (χ4n) is 6.26. The second kappa shape index (κ2) is 14.2. The summed E-state index contributed by atoms with van der Waals surface area (Å²) in [6, 6.07) is 9.25. The van der Waals surface area contributed by atoms with Gasteiger partial charge in [0.1, 0.15) is 6.10 Å². The average molecular weight is 665 g/mol. The number of benzene rings is 1. The molecule has 14 nitrogen and oxygen atoms in total. The lowest BCUT2D eigenvalue weighted by Gasteiger charge is -2.48. The summed E-state index contributed by atoms with van der Waals surface area (Å²) >= 11 is 0. The van der Waals surface area contributed by atoms with Crippen LogP contribution in [0.3, 0.4) is 0 Å². The number of ether oxygens (including phenoxy) is 3. The molecule has 0 unspecified atom stereocenters. The van der Waals surface area contributed by atoms with E-state index in [1.165, 1.54) is 6.92 Å². The summed E-state index contributed by atoms with van der Waals surface area (Å²) in [5, 5.41) is 74.7. The molecular formula is C33H44O14. The molecule has 2 aliphatic heterocycles. The van der Waals surface area contributed by atoms with Gasteiger partial charge in [-0.25, -0.2) is 19.2 Å². The normalized spacial score (nSPS) is 31.8. The van der Waals surface area contributed by atoms with Gasteiger partial charge in [0, 0.05) is 12.5 Å². The van der Waals surface area contributed by atoms with Crippen molar-refractivity contribution >= 4 is 23.9 Å². The third-order valence-electron chi connectivity index (χ3n) is 9.04. The molecule has 2 aliphatic rings. The molecule has 2 heterocycles. The molecule has 10 atom stereocenters. The maximum Gasteiger partial charge on any atom is 0.344 e. The van der Waals surface area contributed by atoms with Crippen molar-refractivity contribution in [2.75, 3.05) is 0 Å². The number of hydrogen-bond donors (Lipinski definition) is 7. The quantitative estimate of drug-likeness (QED) is 0.0752. The van der Waals surface area contributed by atoms with Crippen LogP contribution in [0.15, 0.2) is 54.6 Å². The Labute approximate surface area is 271 Å². The number of aliphatic hydroxyl groups excluding tert-OH is 2. The number of hydrogen-bond acceptors (Lipinski definition) is 11. The Morgan fingerprint density at radius 3 is 2.26 bits per heavy atom. The highest BCUT2D eigenvalue weighted by atomic mass is 16.8. The predicted octanol–water partition coefficient (Wildman–Crippen LogP) is 1.43. The molecule has 7 N–H and O–H groups in total. The Kier molecular flexibility index (Phi) is 11.4. The van der Waals surface area contributed by atoms with Crippen LogP contribution in [0.1, 0.15) is 58.9 Å². The lowest BCUT2D eigenvalue weighted by atomic mass is 9.74. The van der Waals surface area contributed by atoms with E-state index in [-0.39, 0.29) is 30.3 Å². The van der Waals surface area contributed by atoms with E-state index in [1.54, 1.807) is 6.92 Å². The number of carboxylic acid groups (broad SMARTS) is 3.